The van der Waals surface area contributed by atoms with E-state index in [4.69, 9.17) is 5.11 Å². The Morgan fingerprint density at radius 3 is 2.27 bits per heavy atom. The van der Waals surface area contributed by atoms with Crippen LogP contribution >= 0.6 is 0 Å². The molecule has 0 amide bonds. The van der Waals surface area contributed by atoms with Gasteiger partial charge >= 0.3 is 0 Å². The summed E-state index contributed by atoms with van der Waals surface area (Å²) in [6, 6.07) is 0. The Bertz CT molecular complexity index is 136. The summed E-state index contributed by atoms with van der Waals surface area (Å²) in [5.74, 6) is 0. The van der Waals surface area contributed by atoms with Crippen molar-refractivity contribution in [2.45, 2.75) is 37.8 Å². The van der Waals surface area contributed by atoms with Crippen LogP contribution in [0.1, 0.15) is 26.7 Å². The van der Waals surface area contributed by atoms with E-state index >= 15 is 0 Å². The second-order valence-corrected chi connectivity index (χ2v) is 4.10. The molecule has 0 atom stereocenters. The van der Waals surface area contributed by atoms with E-state index in [1.807, 2.05) is 0 Å². The van der Waals surface area contributed by atoms with E-state index in [9.17, 15) is 5.11 Å². The van der Waals surface area contributed by atoms with E-state index in [2.05, 4.69) is 5.32 Å². The molecule has 0 bridgehead atoms. The van der Waals surface area contributed by atoms with Crippen molar-refractivity contribution in [3.63, 3.8) is 0 Å². The second kappa shape index (κ2) is 2.73. The highest BCUT2D eigenvalue weighted by molar-refractivity contribution is 5.02. The zero-order valence-corrected chi connectivity index (χ0v) is 7.22. The third-order valence-electron chi connectivity index (χ3n) is 2.05. The van der Waals surface area contributed by atoms with Gasteiger partial charge in [0.05, 0.1) is 12.2 Å². The molecular formula is C8H17NO2. The van der Waals surface area contributed by atoms with Gasteiger partial charge in [0, 0.05) is 12.1 Å². The number of hydrogen-bond donors (Lipinski definition) is 3. The fourth-order valence-corrected chi connectivity index (χ4v) is 0.945. The van der Waals surface area contributed by atoms with Crippen LogP contribution in [0.25, 0.3) is 0 Å². The monoisotopic (exact) mass is 159 g/mol. The number of aliphatic hydroxyl groups is 2. The number of hydrogen-bond acceptors (Lipinski definition) is 3. The van der Waals surface area contributed by atoms with E-state index in [1.54, 1.807) is 13.8 Å². The van der Waals surface area contributed by atoms with Gasteiger partial charge in [-0.15, -0.1) is 0 Å². The van der Waals surface area contributed by atoms with Crippen LogP contribution in [-0.2, 0) is 0 Å². The van der Waals surface area contributed by atoms with Gasteiger partial charge in [0.2, 0.25) is 0 Å². The lowest BCUT2D eigenvalue weighted by atomic mass is 10.1. The number of β-amino-alcohol motifs (C(OH)–C–C–N with tert-alkyl or cyclic N) is 1. The summed E-state index contributed by atoms with van der Waals surface area (Å²) in [6.45, 7) is 4.25. The van der Waals surface area contributed by atoms with Gasteiger partial charge in [0.15, 0.2) is 0 Å². The summed E-state index contributed by atoms with van der Waals surface area (Å²) >= 11 is 0. The van der Waals surface area contributed by atoms with E-state index in [-0.39, 0.29) is 12.1 Å². The molecule has 1 aliphatic rings. The molecule has 0 unspecified atom stereocenters. The molecule has 1 aliphatic carbocycles. The van der Waals surface area contributed by atoms with Crippen molar-refractivity contribution in [3.8, 4) is 0 Å². The maximum absolute atomic E-state index is 9.36. The molecule has 1 rings (SSSR count). The zero-order valence-electron chi connectivity index (χ0n) is 7.22. The molecule has 0 radical (unpaired) electrons. The standard InChI is InChI=1S/C8H17NO2/c1-7(2,11)5-9-8(6-10)3-4-8/h9-11H,3-6H2,1-2H3. The van der Waals surface area contributed by atoms with E-state index in [0.29, 0.717) is 6.54 Å². The summed E-state index contributed by atoms with van der Waals surface area (Å²) in [5, 5.41) is 21.4. The minimum Gasteiger partial charge on any atom is -0.394 e. The molecule has 66 valence electrons. The Morgan fingerprint density at radius 1 is 1.45 bits per heavy atom. The van der Waals surface area contributed by atoms with Gasteiger partial charge in [-0.05, 0) is 26.7 Å². The van der Waals surface area contributed by atoms with Crippen LogP contribution in [0.5, 0.6) is 0 Å². The van der Waals surface area contributed by atoms with E-state index in [1.165, 1.54) is 0 Å². The Balaban J connectivity index is 2.22. The summed E-state index contributed by atoms with van der Waals surface area (Å²) in [6.07, 6.45) is 2.05. The highest BCUT2D eigenvalue weighted by Crippen LogP contribution is 2.34. The number of rotatable bonds is 4. The van der Waals surface area contributed by atoms with Crippen molar-refractivity contribution in [2.24, 2.45) is 0 Å². The molecule has 1 saturated carbocycles. The minimum absolute atomic E-state index is 0.0556. The predicted molar refractivity (Wildman–Crippen MR) is 43.4 cm³/mol. The lowest BCUT2D eigenvalue weighted by molar-refractivity contribution is 0.0709. The van der Waals surface area contributed by atoms with Crippen LogP contribution < -0.4 is 5.32 Å². The van der Waals surface area contributed by atoms with E-state index < -0.39 is 5.60 Å². The molecule has 0 spiro atoms. The topological polar surface area (TPSA) is 52.5 Å². The molecule has 0 saturated heterocycles. The average molecular weight is 159 g/mol. The summed E-state index contributed by atoms with van der Waals surface area (Å²) in [4.78, 5) is 0. The SMILES string of the molecule is CC(C)(O)CNC1(CO)CC1. The molecule has 0 aromatic heterocycles. The largest absolute Gasteiger partial charge is 0.394 e. The maximum atomic E-state index is 9.36. The summed E-state index contributed by atoms with van der Waals surface area (Å²) in [5.41, 5.74) is -0.731. The third kappa shape index (κ3) is 2.77. The van der Waals surface area contributed by atoms with Crippen LogP contribution in [0.3, 0.4) is 0 Å². The van der Waals surface area contributed by atoms with Crippen LogP contribution in [-0.4, -0.2) is 34.5 Å². The van der Waals surface area contributed by atoms with Gasteiger partial charge in [0.25, 0.3) is 0 Å². The quantitative estimate of drug-likeness (QED) is 0.535. The van der Waals surface area contributed by atoms with Crippen molar-refractivity contribution in [1.29, 1.82) is 0 Å². The molecule has 1 fully saturated rings. The molecule has 3 nitrogen and oxygen atoms in total. The average Bonchev–Trinajstić information content (AvgIpc) is 2.63. The minimum atomic E-state index is -0.676. The third-order valence-corrected chi connectivity index (χ3v) is 2.05. The summed E-state index contributed by atoms with van der Waals surface area (Å²) < 4.78 is 0. The first-order valence-corrected chi connectivity index (χ1v) is 4.06. The van der Waals surface area contributed by atoms with Crippen LogP contribution in [0.4, 0.5) is 0 Å². The van der Waals surface area contributed by atoms with Crippen molar-refractivity contribution in [2.75, 3.05) is 13.2 Å². The van der Waals surface area contributed by atoms with Crippen molar-refractivity contribution >= 4 is 0 Å². The zero-order chi connectivity index (χ0) is 8.54. The Labute approximate surface area is 67.4 Å². The van der Waals surface area contributed by atoms with Crippen molar-refractivity contribution in [3.05, 3.63) is 0 Å². The van der Waals surface area contributed by atoms with Crippen LogP contribution in [0.2, 0.25) is 0 Å². The molecule has 3 N–H and O–H groups in total. The second-order valence-electron chi connectivity index (χ2n) is 4.10. The van der Waals surface area contributed by atoms with Crippen molar-refractivity contribution in [1.82, 2.24) is 5.32 Å². The first-order chi connectivity index (χ1) is 4.97. The lowest BCUT2D eigenvalue weighted by Gasteiger charge is -2.22. The number of nitrogens with one attached hydrogen (secondary N) is 1. The van der Waals surface area contributed by atoms with Gasteiger partial charge in [0.1, 0.15) is 0 Å². The lowest BCUT2D eigenvalue weighted by Crippen LogP contribution is -2.43. The van der Waals surface area contributed by atoms with Crippen molar-refractivity contribution < 1.29 is 10.2 Å². The fourth-order valence-electron chi connectivity index (χ4n) is 0.945. The molecular weight excluding hydrogens is 142 g/mol. The molecule has 11 heavy (non-hydrogen) atoms. The Hall–Kier alpha value is -0.120. The smallest absolute Gasteiger partial charge is 0.0715 e. The molecule has 0 heterocycles. The first-order valence-electron chi connectivity index (χ1n) is 4.06. The van der Waals surface area contributed by atoms with Gasteiger partial charge in [-0.1, -0.05) is 0 Å². The molecule has 0 aromatic rings. The summed E-state index contributed by atoms with van der Waals surface area (Å²) in [7, 11) is 0. The highest BCUT2D eigenvalue weighted by Gasteiger charge is 2.42. The van der Waals surface area contributed by atoms with Gasteiger partial charge < -0.3 is 15.5 Å². The normalized spacial score (nSPS) is 21.8. The molecule has 3 heteroatoms. The fraction of sp³-hybridized carbons (Fsp3) is 1.00. The van der Waals surface area contributed by atoms with Gasteiger partial charge in [-0.25, -0.2) is 0 Å². The molecule has 0 aromatic carbocycles. The predicted octanol–water partition coefficient (Wildman–Crippen LogP) is -0.128. The van der Waals surface area contributed by atoms with Crippen LogP contribution in [0.15, 0.2) is 0 Å². The Kier molecular flexibility index (Phi) is 2.23. The number of aliphatic hydroxyl groups excluding tert-OH is 1. The van der Waals surface area contributed by atoms with Crippen LogP contribution in [0, 0.1) is 0 Å². The highest BCUT2D eigenvalue weighted by atomic mass is 16.3. The van der Waals surface area contributed by atoms with Gasteiger partial charge in [-0.2, -0.15) is 0 Å². The van der Waals surface area contributed by atoms with E-state index in [0.717, 1.165) is 12.8 Å². The Morgan fingerprint density at radius 2 is 2.00 bits per heavy atom. The molecule has 0 aliphatic heterocycles. The van der Waals surface area contributed by atoms with Gasteiger partial charge in [-0.3, -0.25) is 0 Å². The maximum Gasteiger partial charge on any atom is 0.0715 e. The first kappa shape index (κ1) is 8.97.